The Bertz CT molecular complexity index is 520. The van der Waals surface area contributed by atoms with E-state index in [1.807, 2.05) is 22.9 Å². The summed E-state index contributed by atoms with van der Waals surface area (Å²) in [5.74, 6) is -0.895. The lowest BCUT2D eigenvalue weighted by atomic mass is 10.1. The molecule has 2 rings (SSSR count). The van der Waals surface area contributed by atoms with Gasteiger partial charge in [0.2, 0.25) is 0 Å². The Morgan fingerprint density at radius 2 is 2.16 bits per heavy atom. The molecule has 5 heteroatoms. The highest BCUT2D eigenvalue weighted by Gasteiger charge is 2.04. The molecule has 0 radical (unpaired) electrons. The fourth-order valence-electron chi connectivity index (χ4n) is 1.83. The van der Waals surface area contributed by atoms with E-state index < -0.39 is 5.97 Å². The summed E-state index contributed by atoms with van der Waals surface area (Å²) in [5.41, 5.74) is 1.39. The van der Waals surface area contributed by atoms with Gasteiger partial charge in [-0.1, -0.05) is 12.1 Å². The zero-order chi connectivity index (χ0) is 13.7. The van der Waals surface area contributed by atoms with Crippen LogP contribution < -0.4 is 5.32 Å². The summed E-state index contributed by atoms with van der Waals surface area (Å²) in [6.07, 6.45) is 5.48. The van der Waals surface area contributed by atoms with Crippen LogP contribution in [0.3, 0.4) is 0 Å². The number of benzene rings is 1. The fourth-order valence-corrected chi connectivity index (χ4v) is 1.83. The summed E-state index contributed by atoms with van der Waals surface area (Å²) in [6.45, 7) is 3.68. The summed E-state index contributed by atoms with van der Waals surface area (Å²) in [6, 6.07) is 7.23. The monoisotopic (exact) mass is 259 g/mol. The zero-order valence-electron chi connectivity index (χ0n) is 10.8. The topological polar surface area (TPSA) is 67.2 Å². The molecule has 0 saturated heterocycles. The van der Waals surface area contributed by atoms with Gasteiger partial charge < -0.3 is 15.0 Å². The van der Waals surface area contributed by atoms with Crippen molar-refractivity contribution < 1.29 is 9.90 Å². The molecule has 0 saturated carbocycles. The zero-order valence-corrected chi connectivity index (χ0v) is 10.8. The molecule has 1 unspecified atom stereocenters. The van der Waals surface area contributed by atoms with E-state index in [1.54, 1.807) is 24.7 Å². The molecule has 0 aliphatic heterocycles. The van der Waals surface area contributed by atoms with Gasteiger partial charge in [0.15, 0.2) is 0 Å². The molecular formula is C14H17N3O2. The lowest BCUT2D eigenvalue weighted by Gasteiger charge is -2.14. The quantitative estimate of drug-likeness (QED) is 0.829. The maximum atomic E-state index is 10.7. The molecule has 1 aromatic heterocycles. The van der Waals surface area contributed by atoms with Crippen molar-refractivity contribution in [2.75, 3.05) is 0 Å². The average molecular weight is 259 g/mol. The van der Waals surface area contributed by atoms with Crippen molar-refractivity contribution >= 4 is 5.97 Å². The molecule has 1 aromatic carbocycles. The van der Waals surface area contributed by atoms with Gasteiger partial charge >= 0.3 is 5.97 Å². The molecule has 0 amide bonds. The Labute approximate surface area is 111 Å². The number of carboxylic acids is 1. The van der Waals surface area contributed by atoms with Crippen LogP contribution in [0, 0.1) is 0 Å². The number of carbonyl (C=O) groups is 1. The maximum absolute atomic E-state index is 10.7. The number of nitrogens with zero attached hydrogens (tertiary/aromatic N) is 2. The van der Waals surface area contributed by atoms with E-state index in [-0.39, 0.29) is 0 Å². The molecule has 0 fully saturated rings. The van der Waals surface area contributed by atoms with Crippen LogP contribution in [0.15, 0.2) is 43.0 Å². The highest BCUT2D eigenvalue weighted by atomic mass is 16.4. The third-order valence-electron chi connectivity index (χ3n) is 2.90. The number of hydrogen-bond donors (Lipinski definition) is 2. The first-order valence-electron chi connectivity index (χ1n) is 6.16. The van der Waals surface area contributed by atoms with Crippen LogP contribution in [0.25, 0.3) is 0 Å². The summed E-state index contributed by atoms with van der Waals surface area (Å²) in [5, 5.41) is 12.2. The lowest BCUT2D eigenvalue weighted by molar-refractivity contribution is 0.0697. The Morgan fingerprint density at radius 1 is 1.42 bits per heavy atom. The largest absolute Gasteiger partial charge is 0.478 e. The molecule has 19 heavy (non-hydrogen) atoms. The first-order chi connectivity index (χ1) is 9.15. The Balaban J connectivity index is 1.83. The van der Waals surface area contributed by atoms with Crippen molar-refractivity contribution in [1.29, 1.82) is 0 Å². The highest BCUT2D eigenvalue weighted by molar-refractivity contribution is 5.87. The smallest absolute Gasteiger partial charge is 0.335 e. The standard InChI is InChI=1S/C14H17N3O2/c1-11(9-17-7-6-15-10-17)16-8-12-2-4-13(5-3-12)14(18)19/h2-7,10-11,16H,8-9H2,1H3,(H,18,19). The van der Waals surface area contributed by atoms with Crippen LogP contribution >= 0.6 is 0 Å². The van der Waals surface area contributed by atoms with Crippen molar-refractivity contribution in [3.63, 3.8) is 0 Å². The minimum atomic E-state index is -0.895. The van der Waals surface area contributed by atoms with E-state index >= 15 is 0 Å². The first kappa shape index (κ1) is 13.3. The summed E-state index contributed by atoms with van der Waals surface area (Å²) >= 11 is 0. The van der Waals surface area contributed by atoms with E-state index in [0.29, 0.717) is 11.6 Å². The minimum Gasteiger partial charge on any atom is -0.478 e. The van der Waals surface area contributed by atoms with E-state index in [9.17, 15) is 4.79 Å². The van der Waals surface area contributed by atoms with Gasteiger partial charge in [0.1, 0.15) is 0 Å². The molecule has 0 aliphatic carbocycles. The predicted molar refractivity (Wildman–Crippen MR) is 71.9 cm³/mol. The molecular weight excluding hydrogens is 242 g/mol. The number of rotatable bonds is 6. The van der Waals surface area contributed by atoms with Gasteiger partial charge in [0.05, 0.1) is 11.9 Å². The van der Waals surface area contributed by atoms with Gasteiger partial charge in [-0.05, 0) is 24.6 Å². The van der Waals surface area contributed by atoms with E-state index in [0.717, 1.165) is 18.7 Å². The van der Waals surface area contributed by atoms with Crippen LogP contribution in [0.4, 0.5) is 0 Å². The number of hydrogen-bond acceptors (Lipinski definition) is 3. The van der Waals surface area contributed by atoms with Crippen molar-refractivity contribution in [2.24, 2.45) is 0 Å². The molecule has 2 aromatic rings. The second kappa shape index (κ2) is 6.15. The normalized spacial score (nSPS) is 12.3. The number of aromatic nitrogens is 2. The molecule has 0 aliphatic rings. The van der Waals surface area contributed by atoms with Crippen LogP contribution in [-0.4, -0.2) is 26.7 Å². The number of imidazole rings is 1. The van der Waals surface area contributed by atoms with Gasteiger partial charge in [0, 0.05) is 31.5 Å². The van der Waals surface area contributed by atoms with Crippen LogP contribution in [-0.2, 0) is 13.1 Å². The molecule has 1 heterocycles. The van der Waals surface area contributed by atoms with Crippen molar-refractivity contribution in [2.45, 2.75) is 26.1 Å². The van der Waals surface area contributed by atoms with E-state index in [2.05, 4.69) is 17.2 Å². The summed E-state index contributed by atoms with van der Waals surface area (Å²) in [4.78, 5) is 14.7. The third-order valence-corrected chi connectivity index (χ3v) is 2.90. The maximum Gasteiger partial charge on any atom is 0.335 e. The molecule has 0 bridgehead atoms. The number of carboxylic acid groups (broad SMARTS) is 1. The SMILES string of the molecule is CC(Cn1ccnc1)NCc1ccc(C(=O)O)cc1. The lowest BCUT2D eigenvalue weighted by Crippen LogP contribution is -2.29. The van der Waals surface area contributed by atoms with Gasteiger partial charge in [-0.25, -0.2) is 9.78 Å². The van der Waals surface area contributed by atoms with Crippen molar-refractivity contribution in [3.8, 4) is 0 Å². The van der Waals surface area contributed by atoms with Gasteiger partial charge in [-0.3, -0.25) is 0 Å². The van der Waals surface area contributed by atoms with Crippen molar-refractivity contribution in [3.05, 3.63) is 54.1 Å². The van der Waals surface area contributed by atoms with Gasteiger partial charge in [-0.15, -0.1) is 0 Å². The summed E-state index contributed by atoms with van der Waals surface area (Å²) < 4.78 is 2.02. The van der Waals surface area contributed by atoms with E-state index in [4.69, 9.17) is 5.11 Å². The van der Waals surface area contributed by atoms with Crippen molar-refractivity contribution in [1.82, 2.24) is 14.9 Å². The second-order valence-corrected chi connectivity index (χ2v) is 4.54. The summed E-state index contributed by atoms with van der Waals surface area (Å²) in [7, 11) is 0. The predicted octanol–water partition coefficient (Wildman–Crippen LogP) is 1.76. The first-order valence-corrected chi connectivity index (χ1v) is 6.16. The minimum absolute atomic E-state index is 0.313. The molecule has 2 N–H and O–H groups in total. The molecule has 5 nitrogen and oxygen atoms in total. The molecule has 1 atom stereocenters. The Morgan fingerprint density at radius 3 is 2.74 bits per heavy atom. The Kier molecular flexibility index (Phi) is 4.30. The van der Waals surface area contributed by atoms with Gasteiger partial charge in [0.25, 0.3) is 0 Å². The highest BCUT2D eigenvalue weighted by Crippen LogP contribution is 2.05. The van der Waals surface area contributed by atoms with Crippen LogP contribution in [0.1, 0.15) is 22.8 Å². The van der Waals surface area contributed by atoms with Gasteiger partial charge in [-0.2, -0.15) is 0 Å². The number of nitrogens with one attached hydrogen (secondary N) is 1. The van der Waals surface area contributed by atoms with E-state index in [1.165, 1.54) is 0 Å². The molecule has 100 valence electrons. The number of aromatic carboxylic acids is 1. The van der Waals surface area contributed by atoms with Crippen LogP contribution in [0.5, 0.6) is 0 Å². The average Bonchev–Trinajstić information content (AvgIpc) is 2.89. The Hall–Kier alpha value is -2.14. The second-order valence-electron chi connectivity index (χ2n) is 4.54. The fraction of sp³-hybridized carbons (Fsp3) is 0.286. The third kappa shape index (κ3) is 3.93. The van der Waals surface area contributed by atoms with Crippen LogP contribution in [0.2, 0.25) is 0 Å². The molecule has 0 spiro atoms.